The SMILES string of the molecule is C=CC(=O)N1CCCCCC1c1noc(-c2cnn(C)c2)n1. The Hall–Kier alpha value is -2.44. The fourth-order valence-corrected chi connectivity index (χ4v) is 2.78. The van der Waals surface area contributed by atoms with E-state index in [1.807, 2.05) is 13.2 Å². The maximum absolute atomic E-state index is 12.1. The highest BCUT2D eigenvalue weighted by molar-refractivity contribution is 5.87. The fourth-order valence-electron chi connectivity index (χ4n) is 2.78. The minimum absolute atomic E-state index is 0.0837. The lowest BCUT2D eigenvalue weighted by Crippen LogP contribution is -2.34. The molecule has 0 bridgehead atoms. The van der Waals surface area contributed by atoms with E-state index in [0.717, 1.165) is 31.2 Å². The van der Waals surface area contributed by atoms with Gasteiger partial charge in [0.2, 0.25) is 5.91 Å². The van der Waals surface area contributed by atoms with Gasteiger partial charge in [-0.1, -0.05) is 24.6 Å². The van der Waals surface area contributed by atoms with Gasteiger partial charge in [-0.05, 0) is 18.9 Å². The average Bonchev–Trinajstić information content (AvgIpc) is 3.10. The Bertz CT molecular complexity index is 675. The maximum Gasteiger partial charge on any atom is 0.261 e. The van der Waals surface area contributed by atoms with Gasteiger partial charge >= 0.3 is 0 Å². The van der Waals surface area contributed by atoms with Crippen molar-refractivity contribution in [1.82, 2.24) is 24.8 Å². The van der Waals surface area contributed by atoms with Gasteiger partial charge in [-0.2, -0.15) is 10.1 Å². The van der Waals surface area contributed by atoms with Crippen molar-refractivity contribution in [3.8, 4) is 11.5 Å². The molecule has 1 fully saturated rings. The summed E-state index contributed by atoms with van der Waals surface area (Å²) in [6.45, 7) is 4.28. The first-order valence-corrected chi connectivity index (χ1v) is 7.44. The highest BCUT2D eigenvalue weighted by atomic mass is 16.5. The molecule has 0 aromatic carbocycles. The zero-order valence-electron chi connectivity index (χ0n) is 12.6. The number of aryl methyl sites for hydroxylation is 1. The van der Waals surface area contributed by atoms with Crippen molar-refractivity contribution >= 4 is 5.91 Å². The normalized spacial score (nSPS) is 19.0. The Morgan fingerprint density at radius 2 is 2.32 bits per heavy atom. The molecule has 0 radical (unpaired) electrons. The smallest absolute Gasteiger partial charge is 0.261 e. The summed E-state index contributed by atoms with van der Waals surface area (Å²) >= 11 is 0. The molecule has 7 heteroatoms. The highest BCUT2D eigenvalue weighted by Gasteiger charge is 2.29. The van der Waals surface area contributed by atoms with Crippen LogP contribution in [0.2, 0.25) is 0 Å². The van der Waals surface area contributed by atoms with E-state index in [9.17, 15) is 4.79 Å². The third-order valence-electron chi connectivity index (χ3n) is 3.90. The lowest BCUT2D eigenvalue weighted by atomic mass is 10.1. The van der Waals surface area contributed by atoms with E-state index in [1.54, 1.807) is 15.8 Å². The molecule has 2 aromatic rings. The van der Waals surface area contributed by atoms with Crippen LogP contribution < -0.4 is 0 Å². The number of hydrogen-bond donors (Lipinski definition) is 0. The predicted molar refractivity (Wildman–Crippen MR) is 79.6 cm³/mol. The standard InChI is InChI=1S/C15H19N5O2/c1-3-13(21)20-8-6-4-5-7-12(20)14-17-15(22-18-14)11-9-16-19(2)10-11/h3,9-10,12H,1,4-8H2,2H3. The minimum atomic E-state index is -0.151. The molecule has 1 atom stereocenters. The molecule has 3 heterocycles. The molecule has 1 aliphatic heterocycles. The van der Waals surface area contributed by atoms with Crippen molar-refractivity contribution in [1.29, 1.82) is 0 Å². The topological polar surface area (TPSA) is 77.0 Å². The van der Waals surface area contributed by atoms with E-state index < -0.39 is 0 Å². The van der Waals surface area contributed by atoms with Crippen molar-refractivity contribution in [2.75, 3.05) is 6.54 Å². The monoisotopic (exact) mass is 301 g/mol. The zero-order valence-corrected chi connectivity index (χ0v) is 12.6. The third-order valence-corrected chi connectivity index (χ3v) is 3.90. The largest absolute Gasteiger partial charge is 0.334 e. The van der Waals surface area contributed by atoms with E-state index in [0.29, 0.717) is 18.3 Å². The van der Waals surface area contributed by atoms with E-state index in [2.05, 4.69) is 21.8 Å². The van der Waals surface area contributed by atoms with Gasteiger partial charge in [0.25, 0.3) is 5.89 Å². The molecule has 1 amide bonds. The molecule has 0 aliphatic carbocycles. The van der Waals surface area contributed by atoms with Crippen LogP contribution in [-0.4, -0.2) is 37.3 Å². The molecule has 7 nitrogen and oxygen atoms in total. The van der Waals surface area contributed by atoms with Crippen LogP contribution >= 0.6 is 0 Å². The second-order valence-corrected chi connectivity index (χ2v) is 5.46. The van der Waals surface area contributed by atoms with E-state index in [1.165, 1.54) is 6.08 Å². The van der Waals surface area contributed by atoms with Crippen molar-refractivity contribution in [2.45, 2.75) is 31.7 Å². The number of aromatic nitrogens is 4. The molecule has 0 spiro atoms. The molecule has 22 heavy (non-hydrogen) atoms. The summed E-state index contributed by atoms with van der Waals surface area (Å²) in [4.78, 5) is 18.3. The Morgan fingerprint density at radius 1 is 1.45 bits per heavy atom. The molecule has 116 valence electrons. The van der Waals surface area contributed by atoms with Crippen LogP contribution in [-0.2, 0) is 11.8 Å². The summed E-state index contributed by atoms with van der Waals surface area (Å²) < 4.78 is 7.02. The van der Waals surface area contributed by atoms with Gasteiger partial charge in [0.1, 0.15) is 0 Å². The Morgan fingerprint density at radius 3 is 3.05 bits per heavy atom. The van der Waals surface area contributed by atoms with Crippen LogP contribution in [0.5, 0.6) is 0 Å². The van der Waals surface area contributed by atoms with Crippen LogP contribution in [0.3, 0.4) is 0 Å². The second kappa shape index (κ2) is 6.13. The minimum Gasteiger partial charge on any atom is -0.334 e. The van der Waals surface area contributed by atoms with Crippen molar-refractivity contribution in [3.05, 3.63) is 30.9 Å². The number of carbonyl (C=O) groups is 1. The average molecular weight is 301 g/mol. The van der Waals surface area contributed by atoms with Gasteiger partial charge in [-0.25, -0.2) is 0 Å². The van der Waals surface area contributed by atoms with Crippen molar-refractivity contribution < 1.29 is 9.32 Å². The predicted octanol–water partition coefficient (Wildman–Crippen LogP) is 2.10. The van der Waals surface area contributed by atoms with Gasteiger partial charge in [0.15, 0.2) is 5.82 Å². The lowest BCUT2D eigenvalue weighted by molar-refractivity contribution is -0.128. The number of hydrogen-bond acceptors (Lipinski definition) is 5. The van der Waals surface area contributed by atoms with Gasteiger partial charge in [-0.3, -0.25) is 9.48 Å². The summed E-state index contributed by atoms with van der Waals surface area (Å²) in [5.74, 6) is 0.897. The van der Waals surface area contributed by atoms with Gasteiger partial charge < -0.3 is 9.42 Å². The van der Waals surface area contributed by atoms with Gasteiger partial charge in [-0.15, -0.1) is 0 Å². The first kappa shape index (κ1) is 14.5. The number of rotatable bonds is 3. The van der Waals surface area contributed by atoms with E-state index in [4.69, 9.17) is 4.52 Å². The molecule has 3 rings (SSSR count). The summed E-state index contributed by atoms with van der Waals surface area (Å²) in [6, 6.07) is -0.151. The Kier molecular flexibility index (Phi) is 4.04. The van der Waals surface area contributed by atoms with Gasteiger partial charge in [0, 0.05) is 19.8 Å². The Balaban J connectivity index is 1.88. The number of likely N-dealkylation sites (tertiary alicyclic amines) is 1. The number of carbonyl (C=O) groups excluding carboxylic acids is 1. The van der Waals surface area contributed by atoms with Crippen LogP contribution in [0.1, 0.15) is 37.5 Å². The third kappa shape index (κ3) is 2.79. The molecule has 2 aromatic heterocycles. The second-order valence-electron chi connectivity index (χ2n) is 5.46. The molecule has 1 saturated heterocycles. The van der Waals surface area contributed by atoms with Crippen molar-refractivity contribution in [3.63, 3.8) is 0 Å². The number of nitrogens with zero attached hydrogens (tertiary/aromatic N) is 5. The number of amides is 1. The van der Waals surface area contributed by atoms with E-state index >= 15 is 0 Å². The highest BCUT2D eigenvalue weighted by Crippen LogP contribution is 2.30. The molecule has 1 aliphatic rings. The Labute approximate surface area is 128 Å². The molecule has 0 N–H and O–H groups in total. The molecule has 1 unspecified atom stereocenters. The maximum atomic E-state index is 12.1. The van der Waals surface area contributed by atoms with Crippen molar-refractivity contribution in [2.24, 2.45) is 7.05 Å². The van der Waals surface area contributed by atoms with Crippen LogP contribution in [0.25, 0.3) is 11.5 Å². The quantitative estimate of drug-likeness (QED) is 0.811. The van der Waals surface area contributed by atoms with Crippen LogP contribution in [0.15, 0.2) is 29.6 Å². The van der Waals surface area contributed by atoms with Gasteiger partial charge in [0.05, 0.1) is 17.8 Å². The summed E-state index contributed by atoms with van der Waals surface area (Å²) in [7, 11) is 1.83. The molecular weight excluding hydrogens is 282 g/mol. The molecular formula is C15H19N5O2. The van der Waals surface area contributed by atoms with E-state index in [-0.39, 0.29) is 11.9 Å². The first-order valence-electron chi connectivity index (χ1n) is 7.44. The van der Waals surface area contributed by atoms with Crippen LogP contribution in [0.4, 0.5) is 0 Å². The fraction of sp³-hybridized carbons (Fsp3) is 0.467. The molecule has 0 saturated carbocycles. The lowest BCUT2D eigenvalue weighted by Gasteiger charge is -2.26. The van der Waals surface area contributed by atoms with Crippen LogP contribution in [0, 0.1) is 0 Å². The zero-order chi connectivity index (χ0) is 15.5. The first-order chi connectivity index (χ1) is 10.7. The summed E-state index contributed by atoms with van der Waals surface area (Å²) in [5.41, 5.74) is 0.775. The summed E-state index contributed by atoms with van der Waals surface area (Å²) in [5, 5.41) is 8.18. The summed E-state index contributed by atoms with van der Waals surface area (Å²) in [6.07, 6.45) is 8.82.